The number of carbonyl (C=O) groups excluding carboxylic acids is 1. The van der Waals surface area contributed by atoms with E-state index >= 15 is 0 Å². The fourth-order valence-electron chi connectivity index (χ4n) is 5.48. The molecule has 16 heteroatoms. The Bertz CT molecular complexity index is 2340. The van der Waals surface area contributed by atoms with Crippen molar-refractivity contribution in [3.63, 3.8) is 0 Å². The number of aromatic nitrogens is 8. The van der Waals surface area contributed by atoms with Gasteiger partial charge in [0, 0.05) is 46.8 Å². The number of rotatable bonds is 16. The van der Waals surface area contributed by atoms with Gasteiger partial charge in [0.2, 0.25) is 11.8 Å². The van der Waals surface area contributed by atoms with E-state index in [0.29, 0.717) is 48.6 Å². The number of ether oxygens (including phenoxy) is 5. The number of carboxylic acids is 1. The minimum absolute atomic E-state index is 0.0454. The van der Waals surface area contributed by atoms with E-state index < -0.39 is 16.8 Å². The lowest BCUT2D eigenvalue weighted by Gasteiger charge is -2.21. The van der Waals surface area contributed by atoms with Crippen molar-refractivity contribution in [3.05, 3.63) is 84.2 Å². The topological polar surface area (TPSA) is 209 Å². The molecule has 6 rings (SSSR count). The number of aryl methyl sites for hydroxylation is 2. The number of carbonyl (C=O) groups is 2. The lowest BCUT2D eigenvalue weighted by atomic mass is 9.95. The lowest BCUT2D eigenvalue weighted by Crippen LogP contribution is -2.32. The molecule has 0 radical (unpaired) electrons. The van der Waals surface area contributed by atoms with Crippen LogP contribution in [0.25, 0.3) is 45.0 Å². The van der Waals surface area contributed by atoms with Gasteiger partial charge >= 0.3 is 24.0 Å². The molecule has 0 aliphatic carbocycles. The zero-order chi connectivity index (χ0) is 42.7. The number of pyridine rings is 2. The van der Waals surface area contributed by atoms with Gasteiger partial charge in [-0.1, -0.05) is 48.5 Å². The molecule has 4 heterocycles. The molecular weight excluding hydrogens is 757 g/mol. The van der Waals surface area contributed by atoms with Crippen LogP contribution in [-0.4, -0.2) is 90.9 Å². The van der Waals surface area contributed by atoms with Gasteiger partial charge in [-0.25, -0.2) is 9.97 Å². The number of carboxylic acid groups (broad SMARTS) is 1. The number of H-pyrrole nitrogens is 2. The largest absolute Gasteiger partial charge is 0.481 e. The number of aliphatic carboxylic acids is 1. The summed E-state index contributed by atoms with van der Waals surface area (Å²) in [6.07, 6.45) is 3.50. The lowest BCUT2D eigenvalue weighted by molar-refractivity contribution is -0.152. The van der Waals surface area contributed by atoms with Crippen molar-refractivity contribution >= 4 is 11.9 Å². The summed E-state index contributed by atoms with van der Waals surface area (Å²) in [6.45, 7) is 15.7. The van der Waals surface area contributed by atoms with Gasteiger partial charge in [-0.05, 0) is 77.6 Å². The van der Waals surface area contributed by atoms with Gasteiger partial charge < -0.3 is 28.8 Å². The summed E-state index contributed by atoms with van der Waals surface area (Å²) in [7, 11) is 1.37. The van der Waals surface area contributed by atoms with Gasteiger partial charge in [0.05, 0.1) is 31.2 Å². The Hall–Kier alpha value is -6.84. The highest BCUT2D eigenvalue weighted by molar-refractivity contribution is 5.76. The molecule has 0 saturated heterocycles. The Kier molecular flexibility index (Phi) is 14.0. The van der Waals surface area contributed by atoms with Crippen molar-refractivity contribution in [2.45, 2.75) is 55.4 Å². The summed E-state index contributed by atoms with van der Waals surface area (Å²) in [6, 6.07) is 20.1. The van der Waals surface area contributed by atoms with Crippen molar-refractivity contribution in [3.8, 4) is 68.8 Å². The standard InChI is InChI=1S/C22H26N4O4.C21H24N4O4/c1-6-29-21-24-19(25-26-21)16-9-7-15(8-10-16)17-12-23-18(11-14(17)2)30-13-22(3,4)20(27)28-5;1-5-28-20-23-18(24-25-20)15-8-6-14(7-9-15)16-11-22-17(10-13(16)2)29-12-21(3,4)19(26)27/h7-12H,6,13H2,1-5H3,(H,24,25,26);6-11H,5,12H2,1-4H3,(H,26,27)(H,23,24,25). The zero-order valence-electron chi connectivity index (χ0n) is 34.7. The molecule has 0 aliphatic rings. The van der Waals surface area contributed by atoms with Gasteiger partial charge in [-0.15, -0.1) is 10.2 Å². The summed E-state index contributed by atoms with van der Waals surface area (Å²) in [5.41, 5.74) is 6.06. The molecule has 0 spiro atoms. The second-order valence-electron chi connectivity index (χ2n) is 14.8. The first-order valence-corrected chi connectivity index (χ1v) is 19.0. The Morgan fingerprint density at radius 3 is 1.37 bits per heavy atom. The molecule has 2 aromatic carbocycles. The number of hydrogen-bond acceptors (Lipinski definition) is 13. The number of nitrogens with zero attached hydrogens (tertiary/aromatic N) is 6. The van der Waals surface area contributed by atoms with Gasteiger partial charge in [0.15, 0.2) is 11.6 Å². The van der Waals surface area contributed by atoms with Crippen LogP contribution in [0.2, 0.25) is 0 Å². The van der Waals surface area contributed by atoms with Crippen LogP contribution in [-0.2, 0) is 14.3 Å². The predicted octanol–water partition coefficient (Wildman–Crippen LogP) is 7.55. The first kappa shape index (κ1) is 43.3. The number of hydrogen-bond donors (Lipinski definition) is 3. The Labute approximate surface area is 342 Å². The Morgan fingerprint density at radius 1 is 0.627 bits per heavy atom. The van der Waals surface area contributed by atoms with E-state index in [2.05, 4.69) is 40.3 Å². The van der Waals surface area contributed by atoms with Crippen LogP contribution < -0.4 is 18.9 Å². The van der Waals surface area contributed by atoms with Crippen LogP contribution in [0.15, 0.2) is 73.1 Å². The molecule has 3 N–H and O–H groups in total. The number of nitrogens with one attached hydrogen (secondary N) is 2. The second kappa shape index (κ2) is 19.1. The van der Waals surface area contributed by atoms with Crippen molar-refractivity contribution in [2.24, 2.45) is 10.8 Å². The SMILES string of the molecule is CCOc1n[nH]c(-c2ccc(-c3cnc(OCC(C)(C)C(=O)O)cc3C)cc2)n1.CCOc1n[nH]c(-c2ccc(-c3cnc(OCC(C)(C)C(=O)OC)cc3C)cc2)n1. The summed E-state index contributed by atoms with van der Waals surface area (Å²) in [5, 5.41) is 23.0. The highest BCUT2D eigenvalue weighted by Gasteiger charge is 2.30. The maximum absolute atomic E-state index is 11.8. The van der Waals surface area contributed by atoms with Gasteiger partial charge in [0.25, 0.3) is 0 Å². The molecule has 16 nitrogen and oxygen atoms in total. The molecule has 0 aliphatic heterocycles. The van der Waals surface area contributed by atoms with Crippen molar-refractivity contribution in [2.75, 3.05) is 33.5 Å². The number of aromatic amines is 2. The summed E-state index contributed by atoms with van der Waals surface area (Å²) in [4.78, 5) is 40.3. The molecule has 4 aromatic heterocycles. The summed E-state index contributed by atoms with van der Waals surface area (Å²) < 4.78 is 26.7. The van der Waals surface area contributed by atoms with Crippen LogP contribution in [0.3, 0.4) is 0 Å². The van der Waals surface area contributed by atoms with Crippen LogP contribution in [0.5, 0.6) is 23.8 Å². The fraction of sp³-hybridized carbons (Fsp3) is 0.349. The summed E-state index contributed by atoms with van der Waals surface area (Å²) >= 11 is 0. The Morgan fingerprint density at radius 2 is 1.02 bits per heavy atom. The van der Waals surface area contributed by atoms with E-state index in [-0.39, 0.29) is 19.2 Å². The van der Waals surface area contributed by atoms with Crippen molar-refractivity contribution < 1.29 is 38.4 Å². The molecule has 0 bridgehead atoms. The highest BCUT2D eigenvalue weighted by Crippen LogP contribution is 2.30. The average molecular weight is 807 g/mol. The molecule has 6 aromatic rings. The van der Waals surface area contributed by atoms with E-state index in [4.69, 9.17) is 23.7 Å². The van der Waals surface area contributed by atoms with Gasteiger partial charge in [0.1, 0.15) is 13.2 Å². The minimum atomic E-state index is -0.979. The van der Waals surface area contributed by atoms with Gasteiger partial charge in [-0.3, -0.25) is 19.8 Å². The second-order valence-corrected chi connectivity index (χ2v) is 14.8. The number of esters is 1. The maximum Gasteiger partial charge on any atom is 0.335 e. The normalized spacial score (nSPS) is 11.3. The number of benzene rings is 2. The molecule has 0 fully saturated rings. The molecule has 59 heavy (non-hydrogen) atoms. The number of methoxy groups -OCH3 is 1. The molecule has 0 saturated carbocycles. The molecule has 0 unspecified atom stereocenters. The molecule has 0 atom stereocenters. The monoisotopic (exact) mass is 806 g/mol. The molecular formula is C43H50N8O8. The van der Waals surface area contributed by atoms with E-state index in [9.17, 15) is 14.7 Å². The van der Waals surface area contributed by atoms with Crippen LogP contribution in [0.1, 0.15) is 52.7 Å². The van der Waals surface area contributed by atoms with E-state index in [1.54, 1.807) is 40.1 Å². The van der Waals surface area contributed by atoms with E-state index in [1.807, 2.05) is 88.4 Å². The smallest absolute Gasteiger partial charge is 0.335 e. The molecule has 310 valence electrons. The van der Waals surface area contributed by atoms with Gasteiger partial charge in [-0.2, -0.15) is 9.97 Å². The zero-order valence-corrected chi connectivity index (χ0v) is 34.7. The molecule has 0 amide bonds. The predicted molar refractivity (Wildman–Crippen MR) is 220 cm³/mol. The first-order valence-electron chi connectivity index (χ1n) is 19.0. The van der Waals surface area contributed by atoms with Crippen LogP contribution in [0, 0.1) is 24.7 Å². The maximum atomic E-state index is 11.8. The summed E-state index contributed by atoms with van der Waals surface area (Å²) in [5.74, 6) is 0.927. The van der Waals surface area contributed by atoms with Crippen LogP contribution in [0.4, 0.5) is 0 Å². The first-order chi connectivity index (χ1) is 28.1. The third-order valence-electron chi connectivity index (χ3n) is 9.07. The van der Waals surface area contributed by atoms with Crippen molar-refractivity contribution in [1.82, 2.24) is 40.3 Å². The average Bonchev–Trinajstić information content (AvgIpc) is 3.90. The third-order valence-corrected chi connectivity index (χ3v) is 9.07. The van der Waals surface area contributed by atoms with E-state index in [0.717, 1.165) is 44.5 Å². The minimum Gasteiger partial charge on any atom is -0.481 e. The van der Waals surface area contributed by atoms with Crippen molar-refractivity contribution in [1.29, 1.82) is 0 Å². The van der Waals surface area contributed by atoms with E-state index in [1.165, 1.54) is 7.11 Å². The van der Waals surface area contributed by atoms with Crippen LogP contribution >= 0.6 is 0 Å². The fourth-order valence-corrected chi connectivity index (χ4v) is 5.48. The third kappa shape index (κ3) is 11.2. The Balaban J connectivity index is 0.000000224. The quantitative estimate of drug-likeness (QED) is 0.0807. The highest BCUT2D eigenvalue weighted by atomic mass is 16.5.